The van der Waals surface area contributed by atoms with Crippen molar-refractivity contribution in [1.82, 2.24) is 9.97 Å². The first kappa shape index (κ1) is 17.2. The molecule has 3 aromatic rings. The number of methoxy groups -OCH3 is 1. The van der Waals surface area contributed by atoms with Crippen LogP contribution >= 0.6 is 0 Å². The summed E-state index contributed by atoms with van der Waals surface area (Å²) in [5.41, 5.74) is 3.23. The maximum Gasteiger partial charge on any atom is 0.229 e. The summed E-state index contributed by atoms with van der Waals surface area (Å²) < 4.78 is 5.37. The molecule has 3 rings (SSSR count). The van der Waals surface area contributed by atoms with Gasteiger partial charge >= 0.3 is 0 Å². The van der Waals surface area contributed by atoms with Crippen LogP contribution in [0.5, 0.6) is 5.75 Å². The van der Waals surface area contributed by atoms with Crippen LogP contribution in [0, 0.1) is 18.3 Å². The Morgan fingerprint density at radius 2 is 1.92 bits per heavy atom. The molecule has 0 aliphatic rings. The van der Waals surface area contributed by atoms with Crippen molar-refractivity contribution < 1.29 is 4.74 Å². The number of ether oxygens (including phenoxy) is 1. The number of nitriles is 1. The van der Waals surface area contributed by atoms with Gasteiger partial charge in [-0.1, -0.05) is 24.3 Å². The number of nitrogens with one attached hydrogen (secondary N) is 2. The summed E-state index contributed by atoms with van der Waals surface area (Å²) in [7, 11) is 1.66. The standard InChI is InChI=1S/C20H19N5O/c1-14-10-19(22-13-16-7-3-4-9-18(16)26-2)25-20(23-14)24-17-8-5-6-15(11-17)12-21/h3-11H,13H2,1-2H3,(H2,22,23,24,25). The quantitative estimate of drug-likeness (QED) is 0.702. The smallest absolute Gasteiger partial charge is 0.229 e. The molecule has 2 aromatic carbocycles. The van der Waals surface area contributed by atoms with Gasteiger partial charge in [0.25, 0.3) is 0 Å². The zero-order valence-corrected chi connectivity index (χ0v) is 14.7. The molecular formula is C20H19N5O. The van der Waals surface area contributed by atoms with Crippen molar-refractivity contribution in [2.75, 3.05) is 17.7 Å². The Hall–Kier alpha value is -3.59. The molecule has 1 heterocycles. The van der Waals surface area contributed by atoms with Crippen LogP contribution in [0.25, 0.3) is 0 Å². The van der Waals surface area contributed by atoms with Crippen molar-refractivity contribution in [3.8, 4) is 11.8 Å². The Morgan fingerprint density at radius 3 is 2.73 bits per heavy atom. The highest BCUT2D eigenvalue weighted by Crippen LogP contribution is 2.20. The van der Waals surface area contributed by atoms with E-state index in [9.17, 15) is 0 Å². The minimum atomic E-state index is 0.475. The average molecular weight is 345 g/mol. The number of aryl methyl sites for hydroxylation is 1. The maximum atomic E-state index is 9.01. The fourth-order valence-electron chi connectivity index (χ4n) is 2.55. The molecule has 0 saturated heterocycles. The van der Waals surface area contributed by atoms with Crippen LogP contribution in [-0.2, 0) is 6.54 Å². The van der Waals surface area contributed by atoms with Gasteiger partial charge in [0, 0.05) is 29.6 Å². The number of para-hydroxylation sites is 1. The summed E-state index contributed by atoms with van der Waals surface area (Å²) in [6.45, 7) is 2.50. The van der Waals surface area contributed by atoms with Crippen molar-refractivity contribution in [2.45, 2.75) is 13.5 Å². The summed E-state index contributed by atoms with van der Waals surface area (Å²) in [4.78, 5) is 8.90. The highest BCUT2D eigenvalue weighted by molar-refractivity contribution is 5.57. The highest BCUT2D eigenvalue weighted by atomic mass is 16.5. The molecule has 0 fully saturated rings. The summed E-state index contributed by atoms with van der Waals surface area (Å²) in [6.07, 6.45) is 0. The summed E-state index contributed by atoms with van der Waals surface area (Å²) in [6, 6.07) is 19.0. The fraction of sp³-hybridized carbons (Fsp3) is 0.150. The number of aromatic nitrogens is 2. The first-order valence-corrected chi connectivity index (χ1v) is 8.16. The second kappa shape index (κ2) is 7.99. The van der Waals surface area contributed by atoms with Crippen LogP contribution in [0.3, 0.4) is 0 Å². The molecule has 0 bridgehead atoms. The predicted molar refractivity (Wildman–Crippen MR) is 102 cm³/mol. The van der Waals surface area contributed by atoms with Crippen molar-refractivity contribution in [3.63, 3.8) is 0 Å². The van der Waals surface area contributed by atoms with Crippen molar-refractivity contribution >= 4 is 17.5 Å². The van der Waals surface area contributed by atoms with E-state index in [2.05, 4.69) is 26.7 Å². The lowest BCUT2D eigenvalue weighted by Gasteiger charge is -2.12. The van der Waals surface area contributed by atoms with Gasteiger partial charge in [0.2, 0.25) is 5.95 Å². The van der Waals surface area contributed by atoms with E-state index in [0.717, 1.165) is 22.7 Å². The molecule has 130 valence electrons. The Balaban J connectivity index is 1.76. The van der Waals surface area contributed by atoms with Gasteiger partial charge in [0.05, 0.1) is 18.7 Å². The predicted octanol–water partition coefficient (Wildman–Crippen LogP) is 4.02. The van der Waals surface area contributed by atoms with E-state index in [1.54, 1.807) is 19.2 Å². The van der Waals surface area contributed by atoms with Crippen LogP contribution in [0.15, 0.2) is 54.6 Å². The van der Waals surface area contributed by atoms with Crippen molar-refractivity contribution in [2.24, 2.45) is 0 Å². The molecule has 0 aliphatic heterocycles. The molecule has 0 saturated carbocycles. The van der Waals surface area contributed by atoms with Crippen LogP contribution in [0.2, 0.25) is 0 Å². The SMILES string of the molecule is COc1ccccc1CNc1cc(C)nc(Nc2cccc(C#N)c2)n1. The molecule has 0 unspecified atom stereocenters. The third-order valence-electron chi connectivity index (χ3n) is 3.75. The molecule has 0 atom stereocenters. The first-order valence-electron chi connectivity index (χ1n) is 8.16. The third kappa shape index (κ3) is 4.28. The number of hydrogen-bond donors (Lipinski definition) is 2. The van der Waals surface area contributed by atoms with E-state index >= 15 is 0 Å². The summed E-state index contributed by atoms with van der Waals surface area (Å²) in [5, 5.41) is 15.5. The molecule has 26 heavy (non-hydrogen) atoms. The molecule has 0 spiro atoms. The Kier molecular flexibility index (Phi) is 5.30. The second-order valence-corrected chi connectivity index (χ2v) is 5.70. The molecule has 6 nitrogen and oxygen atoms in total. The molecule has 1 aromatic heterocycles. The number of anilines is 3. The van der Waals surface area contributed by atoms with Crippen LogP contribution < -0.4 is 15.4 Å². The zero-order valence-electron chi connectivity index (χ0n) is 14.7. The minimum absolute atomic E-state index is 0.475. The molecule has 2 N–H and O–H groups in total. The second-order valence-electron chi connectivity index (χ2n) is 5.70. The Morgan fingerprint density at radius 1 is 1.08 bits per heavy atom. The number of hydrogen-bond acceptors (Lipinski definition) is 6. The lowest BCUT2D eigenvalue weighted by atomic mass is 10.2. The van der Waals surface area contributed by atoms with Gasteiger partial charge < -0.3 is 15.4 Å². The lowest BCUT2D eigenvalue weighted by molar-refractivity contribution is 0.410. The monoisotopic (exact) mass is 345 g/mol. The number of rotatable bonds is 6. The number of benzene rings is 2. The molecule has 6 heteroatoms. The fourth-order valence-corrected chi connectivity index (χ4v) is 2.55. The minimum Gasteiger partial charge on any atom is -0.496 e. The van der Waals surface area contributed by atoms with E-state index in [1.807, 2.05) is 49.4 Å². The molecular weight excluding hydrogens is 326 g/mol. The van der Waals surface area contributed by atoms with E-state index in [4.69, 9.17) is 10.00 Å². The maximum absolute atomic E-state index is 9.01. The van der Waals surface area contributed by atoms with Crippen LogP contribution in [-0.4, -0.2) is 17.1 Å². The van der Waals surface area contributed by atoms with Crippen molar-refractivity contribution in [1.29, 1.82) is 5.26 Å². The van der Waals surface area contributed by atoms with E-state index in [0.29, 0.717) is 23.9 Å². The van der Waals surface area contributed by atoms with Gasteiger partial charge in [-0.05, 0) is 31.2 Å². The number of nitrogens with zero attached hydrogens (tertiary/aromatic N) is 3. The van der Waals surface area contributed by atoms with Gasteiger partial charge in [-0.3, -0.25) is 0 Å². The van der Waals surface area contributed by atoms with Gasteiger partial charge in [0.15, 0.2) is 0 Å². The lowest BCUT2D eigenvalue weighted by Crippen LogP contribution is -2.06. The average Bonchev–Trinajstić information content (AvgIpc) is 2.66. The third-order valence-corrected chi connectivity index (χ3v) is 3.75. The summed E-state index contributed by atoms with van der Waals surface area (Å²) >= 11 is 0. The van der Waals surface area contributed by atoms with Crippen LogP contribution in [0.1, 0.15) is 16.8 Å². The van der Waals surface area contributed by atoms with E-state index in [1.165, 1.54) is 0 Å². The Bertz CT molecular complexity index is 949. The normalized spacial score (nSPS) is 10.0. The van der Waals surface area contributed by atoms with Gasteiger partial charge in [0.1, 0.15) is 11.6 Å². The van der Waals surface area contributed by atoms with Crippen molar-refractivity contribution in [3.05, 3.63) is 71.4 Å². The highest BCUT2D eigenvalue weighted by Gasteiger charge is 2.06. The van der Waals surface area contributed by atoms with E-state index < -0.39 is 0 Å². The zero-order chi connectivity index (χ0) is 18.4. The van der Waals surface area contributed by atoms with E-state index in [-0.39, 0.29) is 0 Å². The molecule has 0 aliphatic carbocycles. The summed E-state index contributed by atoms with van der Waals surface area (Å²) in [5.74, 6) is 2.02. The molecule has 0 amide bonds. The molecule has 0 radical (unpaired) electrons. The largest absolute Gasteiger partial charge is 0.496 e. The topological polar surface area (TPSA) is 82.9 Å². The van der Waals surface area contributed by atoms with Gasteiger partial charge in [-0.2, -0.15) is 10.2 Å². The van der Waals surface area contributed by atoms with Crippen LogP contribution in [0.4, 0.5) is 17.5 Å². The van der Waals surface area contributed by atoms with Gasteiger partial charge in [-0.25, -0.2) is 4.98 Å². The first-order chi connectivity index (χ1) is 12.7. The van der Waals surface area contributed by atoms with Gasteiger partial charge in [-0.15, -0.1) is 0 Å². The Labute approximate surface area is 152 Å².